The Kier molecular flexibility index (Phi) is 5.61. The van der Waals surface area contributed by atoms with Crippen LogP contribution in [-0.4, -0.2) is 29.6 Å². The average molecular weight is 300 g/mol. The molecular weight excluding hydrogens is 288 g/mol. The summed E-state index contributed by atoms with van der Waals surface area (Å²) in [4.78, 5) is 17.4. The van der Waals surface area contributed by atoms with Crippen LogP contribution in [0.3, 0.4) is 0 Å². The minimum absolute atomic E-state index is 0.128. The lowest BCUT2D eigenvalue weighted by molar-refractivity contribution is -0.0557. The van der Waals surface area contributed by atoms with E-state index in [9.17, 15) is 26.2 Å². The molecule has 17 heavy (non-hydrogen) atoms. The zero-order valence-corrected chi connectivity index (χ0v) is 10.4. The molecule has 0 saturated heterocycles. The second-order valence-electron chi connectivity index (χ2n) is 3.18. The van der Waals surface area contributed by atoms with Gasteiger partial charge >= 0.3 is 23.2 Å². The minimum atomic E-state index is -6.00. The predicted molar refractivity (Wildman–Crippen MR) is 51.4 cm³/mol. The van der Waals surface area contributed by atoms with Crippen molar-refractivity contribution in [2.24, 2.45) is 0 Å². The molecule has 0 saturated carbocycles. The van der Waals surface area contributed by atoms with E-state index in [1.165, 1.54) is 0 Å². The number of hydrogen-bond donors (Lipinski definition) is 2. The Morgan fingerprint density at radius 3 is 2.12 bits per heavy atom. The third kappa shape index (κ3) is 5.35. The fourth-order valence-corrected chi connectivity index (χ4v) is 2.66. The van der Waals surface area contributed by atoms with Crippen molar-refractivity contribution < 1.29 is 40.1 Å². The summed E-state index contributed by atoms with van der Waals surface area (Å²) in [5, 5.41) is 0. The topological polar surface area (TPSA) is 101 Å². The molecule has 0 heterocycles. The normalized spacial score (nSPS) is 15.9. The van der Waals surface area contributed by atoms with E-state index in [0.29, 0.717) is 6.42 Å². The van der Waals surface area contributed by atoms with Crippen LogP contribution < -0.4 is 0 Å². The van der Waals surface area contributed by atoms with Crippen LogP contribution in [0.2, 0.25) is 0 Å². The van der Waals surface area contributed by atoms with Crippen molar-refractivity contribution in [3.63, 3.8) is 0 Å². The molecule has 0 fully saturated rings. The molecule has 0 spiro atoms. The maximum Gasteiger partial charge on any atom is 0.523 e. The number of unbranched alkanes of at least 4 members (excludes halogenated alkanes) is 1. The second kappa shape index (κ2) is 5.66. The van der Waals surface area contributed by atoms with E-state index in [1.54, 1.807) is 6.92 Å². The molecule has 0 aromatic heterocycles. The van der Waals surface area contributed by atoms with Crippen molar-refractivity contribution in [1.82, 2.24) is 0 Å². The molecule has 0 aliphatic rings. The summed E-state index contributed by atoms with van der Waals surface area (Å²) in [5.41, 5.74) is -5.70. The minimum Gasteiger partial charge on any atom is -0.323 e. The van der Waals surface area contributed by atoms with Gasteiger partial charge in [0.1, 0.15) is 0 Å². The van der Waals surface area contributed by atoms with Gasteiger partial charge in [0.25, 0.3) is 0 Å². The highest BCUT2D eigenvalue weighted by Gasteiger charge is 2.50. The molecule has 0 aromatic rings. The highest BCUT2D eigenvalue weighted by atomic mass is 32.2. The smallest absolute Gasteiger partial charge is 0.323 e. The average Bonchev–Trinajstić information content (AvgIpc) is 2.08. The molecule has 104 valence electrons. The molecular formula is C6H12F3O6PS. The maximum absolute atomic E-state index is 11.9. The third-order valence-electron chi connectivity index (χ3n) is 1.70. The number of hydrogen-bond acceptors (Lipinski definition) is 4. The summed E-state index contributed by atoms with van der Waals surface area (Å²) >= 11 is 0. The van der Waals surface area contributed by atoms with Gasteiger partial charge < -0.3 is 9.79 Å². The highest BCUT2D eigenvalue weighted by molar-refractivity contribution is 7.87. The van der Waals surface area contributed by atoms with Crippen LogP contribution in [0.15, 0.2) is 0 Å². The Bertz CT molecular complexity index is 385. The number of rotatable bonds is 6. The Morgan fingerprint density at radius 1 is 1.35 bits per heavy atom. The fourth-order valence-electron chi connectivity index (χ4n) is 0.852. The summed E-state index contributed by atoms with van der Waals surface area (Å²) < 4.78 is 71.3. The predicted octanol–water partition coefficient (Wildman–Crippen LogP) is 1.55. The Hall–Kier alpha value is -0.150. The maximum atomic E-state index is 11.9. The van der Waals surface area contributed by atoms with E-state index in [0.717, 1.165) is 0 Å². The lowest BCUT2D eigenvalue weighted by atomic mass is 10.3. The van der Waals surface area contributed by atoms with Gasteiger partial charge in [-0.05, 0) is 6.42 Å². The van der Waals surface area contributed by atoms with Crippen LogP contribution in [-0.2, 0) is 18.9 Å². The summed E-state index contributed by atoms with van der Waals surface area (Å²) in [5.74, 6) is -2.30. The van der Waals surface area contributed by atoms with Gasteiger partial charge in [0.2, 0.25) is 0 Å². The largest absolute Gasteiger partial charge is 0.523 e. The van der Waals surface area contributed by atoms with Crippen molar-refractivity contribution in [1.29, 1.82) is 0 Å². The lowest BCUT2D eigenvalue weighted by Crippen LogP contribution is -2.30. The van der Waals surface area contributed by atoms with Crippen LogP contribution in [0.25, 0.3) is 0 Å². The van der Waals surface area contributed by atoms with E-state index in [4.69, 9.17) is 9.79 Å². The SMILES string of the molecule is CCCCC(OS(=O)(=O)C(F)(F)F)P(=O)(O)O. The molecule has 0 radical (unpaired) electrons. The zero-order chi connectivity index (χ0) is 13.9. The summed E-state index contributed by atoms with van der Waals surface area (Å²) in [6, 6.07) is 0. The van der Waals surface area contributed by atoms with Gasteiger partial charge in [-0.25, -0.2) is 4.18 Å². The van der Waals surface area contributed by atoms with Crippen molar-refractivity contribution in [2.45, 2.75) is 37.5 Å². The first-order valence-corrected chi connectivity index (χ1v) is 7.55. The molecule has 0 aromatic carbocycles. The van der Waals surface area contributed by atoms with E-state index >= 15 is 0 Å². The van der Waals surface area contributed by atoms with Gasteiger partial charge in [0.15, 0.2) is 5.85 Å². The third-order valence-corrected chi connectivity index (χ3v) is 4.01. The molecule has 0 amide bonds. The molecule has 1 unspecified atom stereocenters. The monoisotopic (exact) mass is 300 g/mol. The first-order chi connectivity index (χ1) is 7.42. The molecule has 11 heteroatoms. The molecule has 0 rings (SSSR count). The van der Waals surface area contributed by atoms with E-state index in [2.05, 4.69) is 4.18 Å². The number of alkyl halides is 3. The van der Waals surface area contributed by atoms with Gasteiger partial charge in [0.05, 0.1) is 0 Å². The summed E-state index contributed by atoms with van der Waals surface area (Å²) in [6.07, 6.45) is 0.0746. The molecule has 0 bridgehead atoms. The van der Waals surface area contributed by atoms with Crippen molar-refractivity contribution in [3.8, 4) is 0 Å². The van der Waals surface area contributed by atoms with Gasteiger partial charge in [-0.1, -0.05) is 19.8 Å². The Labute approximate surface area is 96.1 Å². The lowest BCUT2D eigenvalue weighted by Gasteiger charge is -2.19. The molecule has 6 nitrogen and oxygen atoms in total. The van der Waals surface area contributed by atoms with Gasteiger partial charge in [-0.2, -0.15) is 21.6 Å². The Morgan fingerprint density at radius 2 is 1.82 bits per heavy atom. The first kappa shape index (κ1) is 16.9. The van der Waals surface area contributed by atoms with E-state index in [-0.39, 0.29) is 6.42 Å². The van der Waals surface area contributed by atoms with Crippen LogP contribution in [0.4, 0.5) is 13.2 Å². The van der Waals surface area contributed by atoms with Gasteiger partial charge in [-0.15, -0.1) is 0 Å². The quantitative estimate of drug-likeness (QED) is 0.438. The standard InChI is InChI=1S/C6H12F3O6PS/c1-2-3-4-5(16(10,11)12)15-17(13,14)6(7,8)9/h5H,2-4H2,1H3,(H2,10,11,12). The number of halogens is 3. The molecule has 0 aliphatic heterocycles. The van der Waals surface area contributed by atoms with Crippen molar-refractivity contribution in [3.05, 3.63) is 0 Å². The second-order valence-corrected chi connectivity index (χ2v) is 6.50. The zero-order valence-electron chi connectivity index (χ0n) is 8.72. The molecule has 2 N–H and O–H groups in total. The molecule has 1 atom stereocenters. The Balaban J connectivity index is 4.96. The summed E-state index contributed by atoms with van der Waals surface area (Å²) in [6.45, 7) is 1.62. The van der Waals surface area contributed by atoms with Crippen LogP contribution in [0, 0.1) is 0 Å². The summed E-state index contributed by atoms with van der Waals surface area (Å²) in [7, 11) is -11.1. The molecule has 0 aliphatic carbocycles. The first-order valence-electron chi connectivity index (χ1n) is 4.46. The van der Waals surface area contributed by atoms with E-state index in [1.807, 2.05) is 0 Å². The van der Waals surface area contributed by atoms with Crippen LogP contribution >= 0.6 is 7.60 Å². The van der Waals surface area contributed by atoms with Crippen molar-refractivity contribution in [2.75, 3.05) is 0 Å². The highest BCUT2D eigenvalue weighted by Crippen LogP contribution is 2.46. The van der Waals surface area contributed by atoms with Gasteiger partial charge in [-0.3, -0.25) is 4.57 Å². The van der Waals surface area contributed by atoms with Gasteiger partial charge in [0, 0.05) is 0 Å². The fraction of sp³-hybridized carbons (Fsp3) is 1.00. The van der Waals surface area contributed by atoms with Crippen molar-refractivity contribution >= 4 is 17.7 Å². The van der Waals surface area contributed by atoms with Crippen LogP contribution in [0.5, 0.6) is 0 Å². The van der Waals surface area contributed by atoms with Crippen LogP contribution in [0.1, 0.15) is 26.2 Å². The van der Waals surface area contributed by atoms with E-state index < -0.39 is 35.5 Å².